The number of hydrogen-bond acceptors (Lipinski definition) is 3. The first-order valence-electron chi connectivity index (χ1n) is 6.76. The molecule has 0 aliphatic carbocycles. The zero-order valence-corrected chi connectivity index (χ0v) is 11.8. The van der Waals surface area contributed by atoms with Crippen LogP contribution in [0.25, 0.3) is 10.8 Å². The van der Waals surface area contributed by atoms with Gasteiger partial charge in [0.25, 0.3) is 5.56 Å². The van der Waals surface area contributed by atoms with Crippen molar-refractivity contribution < 1.29 is 0 Å². The van der Waals surface area contributed by atoms with E-state index in [1.54, 1.807) is 10.9 Å². The van der Waals surface area contributed by atoms with Crippen molar-refractivity contribution in [3.8, 4) is 0 Å². The van der Waals surface area contributed by atoms with Crippen molar-refractivity contribution in [2.24, 2.45) is 5.92 Å². The molecule has 1 N–H and O–H groups in total. The van der Waals surface area contributed by atoms with Gasteiger partial charge in [0.15, 0.2) is 0 Å². The monoisotopic (exact) mass is 259 g/mol. The summed E-state index contributed by atoms with van der Waals surface area (Å²) in [4.78, 5) is 12.3. The van der Waals surface area contributed by atoms with Gasteiger partial charge in [-0.2, -0.15) is 5.10 Å². The lowest BCUT2D eigenvalue weighted by Crippen LogP contribution is -2.33. The average molecular weight is 259 g/mol. The van der Waals surface area contributed by atoms with Gasteiger partial charge in [-0.25, -0.2) is 4.68 Å². The minimum Gasteiger partial charge on any atom is -0.314 e. The molecule has 1 aromatic heterocycles. The van der Waals surface area contributed by atoms with Gasteiger partial charge in [-0.05, 0) is 18.5 Å². The van der Waals surface area contributed by atoms with Crippen LogP contribution in [-0.4, -0.2) is 22.4 Å². The average Bonchev–Trinajstić information content (AvgIpc) is 2.40. The number of nitrogens with zero attached hydrogens (tertiary/aromatic N) is 2. The summed E-state index contributed by atoms with van der Waals surface area (Å²) in [5.74, 6) is 0.369. The molecule has 0 aliphatic heterocycles. The molecule has 1 aromatic carbocycles. The maximum absolute atomic E-state index is 12.3. The van der Waals surface area contributed by atoms with Gasteiger partial charge in [-0.1, -0.05) is 39.0 Å². The van der Waals surface area contributed by atoms with Crippen LogP contribution in [0.3, 0.4) is 0 Å². The van der Waals surface area contributed by atoms with E-state index in [0.29, 0.717) is 18.5 Å². The number of aromatic nitrogens is 2. The van der Waals surface area contributed by atoms with Crippen LogP contribution in [0.5, 0.6) is 0 Å². The molecule has 0 bridgehead atoms. The molecule has 1 atom stereocenters. The molecular weight excluding hydrogens is 238 g/mol. The summed E-state index contributed by atoms with van der Waals surface area (Å²) in [5.41, 5.74) is -0.00510. The standard InChI is InChI=1S/C15H21N3O/c1-11(2)16-8-12(3)10-18-15(19)14-7-5-4-6-13(14)9-17-18/h4-7,9,11-12,16H,8,10H2,1-3H3. The van der Waals surface area contributed by atoms with Crippen molar-refractivity contribution in [3.05, 3.63) is 40.8 Å². The van der Waals surface area contributed by atoms with E-state index in [4.69, 9.17) is 0 Å². The number of benzene rings is 1. The zero-order valence-electron chi connectivity index (χ0n) is 11.8. The molecule has 0 fully saturated rings. The van der Waals surface area contributed by atoms with Crippen molar-refractivity contribution in [2.45, 2.75) is 33.4 Å². The normalized spacial score (nSPS) is 13.1. The van der Waals surface area contributed by atoms with Gasteiger partial charge in [0.05, 0.1) is 11.6 Å². The van der Waals surface area contributed by atoms with E-state index in [9.17, 15) is 4.79 Å². The Bertz CT molecular complexity index is 604. The highest BCUT2D eigenvalue weighted by molar-refractivity contribution is 5.80. The van der Waals surface area contributed by atoms with Crippen molar-refractivity contribution in [1.82, 2.24) is 15.1 Å². The number of fused-ring (bicyclic) bond motifs is 1. The van der Waals surface area contributed by atoms with Crippen LogP contribution >= 0.6 is 0 Å². The Hall–Kier alpha value is -1.68. The molecule has 0 saturated carbocycles. The first-order valence-corrected chi connectivity index (χ1v) is 6.76. The summed E-state index contributed by atoms with van der Waals surface area (Å²) >= 11 is 0. The van der Waals surface area contributed by atoms with E-state index in [0.717, 1.165) is 17.3 Å². The van der Waals surface area contributed by atoms with Crippen LogP contribution in [-0.2, 0) is 6.54 Å². The molecular formula is C15H21N3O. The molecule has 0 spiro atoms. The second-order valence-electron chi connectivity index (χ2n) is 5.39. The smallest absolute Gasteiger partial charge is 0.274 e. The Kier molecular flexibility index (Phi) is 4.32. The summed E-state index contributed by atoms with van der Waals surface area (Å²) in [7, 11) is 0. The lowest BCUT2D eigenvalue weighted by Gasteiger charge is -2.15. The number of rotatable bonds is 5. The van der Waals surface area contributed by atoms with Crippen LogP contribution in [0.4, 0.5) is 0 Å². The van der Waals surface area contributed by atoms with Gasteiger partial charge >= 0.3 is 0 Å². The highest BCUT2D eigenvalue weighted by atomic mass is 16.1. The molecule has 0 radical (unpaired) electrons. The topological polar surface area (TPSA) is 46.9 Å². The molecule has 2 rings (SSSR count). The molecule has 19 heavy (non-hydrogen) atoms. The molecule has 0 amide bonds. The Labute approximate surface area is 113 Å². The zero-order chi connectivity index (χ0) is 13.8. The van der Waals surface area contributed by atoms with Crippen molar-refractivity contribution >= 4 is 10.8 Å². The van der Waals surface area contributed by atoms with E-state index in [1.807, 2.05) is 24.3 Å². The number of nitrogens with one attached hydrogen (secondary N) is 1. The molecule has 0 aliphatic rings. The van der Waals surface area contributed by atoms with Gasteiger partial charge in [0.2, 0.25) is 0 Å². The summed E-state index contributed by atoms with van der Waals surface area (Å²) < 4.78 is 1.56. The van der Waals surface area contributed by atoms with Crippen molar-refractivity contribution in [1.29, 1.82) is 0 Å². The summed E-state index contributed by atoms with van der Waals surface area (Å²) in [5, 5.41) is 9.27. The fraction of sp³-hybridized carbons (Fsp3) is 0.467. The molecule has 1 heterocycles. The minimum absolute atomic E-state index is 0.00510. The van der Waals surface area contributed by atoms with E-state index in [-0.39, 0.29) is 5.56 Å². The lowest BCUT2D eigenvalue weighted by atomic mass is 10.1. The van der Waals surface area contributed by atoms with Crippen LogP contribution in [0.2, 0.25) is 0 Å². The van der Waals surface area contributed by atoms with E-state index >= 15 is 0 Å². The summed E-state index contributed by atoms with van der Waals surface area (Å²) in [6, 6.07) is 8.04. The largest absolute Gasteiger partial charge is 0.314 e. The SMILES string of the molecule is CC(CNC(C)C)Cn1ncc2ccccc2c1=O. The minimum atomic E-state index is -0.00510. The van der Waals surface area contributed by atoms with Crippen LogP contribution in [0.1, 0.15) is 20.8 Å². The van der Waals surface area contributed by atoms with E-state index in [2.05, 4.69) is 31.2 Å². The van der Waals surface area contributed by atoms with Gasteiger partial charge < -0.3 is 5.32 Å². The predicted octanol–water partition coefficient (Wildman–Crippen LogP) is 2.03. The van der Waals surface area contributed by atoms with Crippen LogP contribution < -0.4 is 10.9 Å². The quantitative estimate of drug-likeness (QED) is 0.893. The third-order valence-electron chi connectivity index (χ3n) is 3.12. The van der Waals surface area contributed by atoms with Crippen molar-refractivity contribution in [3.63, 3.8) is 0 Å². The number of hydrogen-bond donors (Lipinski definition) is 1. The molecule has 4 nitrogen and oxygen atoms in total. The Morgan fingerprint density at radius 1 is 1.26 bits per heavy atom. The Morgan fingerprint density at radius 3 is 2.74 bits per heavy atom. The highest BCUT2D eigenvalue weighted by Crippen LogP contribution is 2.07. The molecule has 2 aromatic rings. The fourth-order valence-electron chi connectivity index (χ4n) is 2.05. The first kappa shape index (κ1) is 13.7. The highest BCUT2D eigenvalue weighted by Gasteiger charge is 2.08. The molecule has 1 unspecified atom stereocenters. The molecule has 0 saturated heterocycles. The predicted molar refractivity (Wildman–Crippen MR) is 78.3 cm³/mol. The van der Waals surface area contributed by atoms with Gasteiger partial charge in [0, 0.05) is 18.0 Å². The second kappa shape index (κ2) is 5.97. The fourth-order valence-corrected chi connectivity index (χ4v) is 2.05. The van der Waals surface area contributed by atoms with Crippen LogP contribution in [0, 0.1) is 5.92 Å². The maximum atomic E-state index is 12.3. The first-order chi connectivity index (χ1) is 9.08. The van der Waals surface area contributed by atoms with Crippen LogP contribution in [0.15, 0.2) is 35.3 Å². The third-order valence-corrected chi connectivity index (χ3v) is 3.12. The van der Waals surface area contributed by atoms with E-state index in [1.165, 1.54) is 0 Å². The summed E-state index contributed by atoms with van der Waals surface area (Å²) in [6.07, 6.45) is 1.76. The lowest BCUT2D eigenvalue weighted by molar-refractivity contribution is 0.398. The maximum Gasteiger partial charge on any atom is 0.274 e. The van der Waals surface area contributed by atoms with Gasteiger partial charge in [0.1, 0.15) is 0 Å². The van der Waals surface area contributed by atoms with Gasteiger partial charge in [-0.3, -0.25) is 4.79 Å². The molecule has 4 heteroatoms. The third kappa shape index (κ3) is 3.41. The Balaban J connectivity index is 2.17. The Morgan fingerprint density at radius 2 is 2.00 bits per heavy atom. The molecule has 102 valence electrons. The van der Waals surface area contributed by atoms with Crippen molar-refractivity contribution in [2.75, 3.05) is 6.54 Å². The van der Waals surface area contributed by atoms with E-state index < -0.39 is 0 Å². The summed E-state index contributed by atoms with van der Waals surface area (Å²) in [6.45, 7) is 7.89. The second-order valence-corrected chi connectivity index (χ2v) is 5.39. The van der Waals surface area contributed by atoms with Gasteiger partial charge in [-0.15, -0.1) is 0 Å².